The first-order valence-electron chi connectivity index (χ1n) is 9.96. The summed E-state index contributed by atoms with van der Waals surface area (Å²) >= 11 is 0. The third kappa shape index (κ3) is 3.46. The quantitative estimate of drug-likeness (QED) is 0.743. The summed E-state index contributed by atoms with van der Waals surface area (Å²) in [5.74, 6) is 1.16. The van der Waals surface area contributed by atoms with E-state index in [1.807, 2.05) is 0 Å². The number of ether oxygens (including phenoxy) is 1. The number of rotatable bonds is 3. The number of aromatic amines is 1. The first-order valence-corrected chi connectivity index (χ1v) is 9.96. The molecule has 2 atom stereocenters. The Morgan fingerprint density at radius 2 is 2.14 bits per heavy atom. The maximum absolute atomic E-state index is 15.3. The molecule has 1 amide bonds. The first kappa shape index (κ1) is 19.1. The van der Waals surface area contributed by atoms with Gasteiger partial charge in [-0.1, -0.05) is 25.8 Å². The second kappa shape index (κ2) is 7.67. The summed E-state index contributed by atoms with van der Waals surface area (Å²) in [6.45, 7) is 2.92. The van der Waals surface area contributed by atoms with Crippen LogP contribution in [0.4, 0.5) is 9.18 Å². The van der Waals surface area contributed by atoms with Gasteiger partial charge >= 0.3 is 6.09 Å². The molecule has 152 valence electrons. The molecule has 2 unspecified atom stereocenters. The molecule has 1 saturated heterocycles. The standard InChI is InChI=1S/C20H27FN4O3/c1-11-2-4-12(5-3-11)17(22)19-23-14-7-6-13(16(21)18(14)24-19)15-10-28-9-8-25(15)20(26)27/h6-7,11-12,15,17H,2-5,8-10,22H2,1H3,(H,23,24)(H,26,27). The van der Waals surface area contributed by atoms with Gasteiger partial charge in [0.25, 0.3) is 0 Å². The minimum Gasteiger partial charge on any atom is -0.465 e. The lowest BCUT2D eigenvalue weighted by atomic mass is 9.79. The maximum atomic E-state index is 15.3. The Hall–Kier alpha value is -2.19. The average molecular weight is 390 g/mol. The SMILES string of the molecule is CC1CCC(C(N)c2nc3c(F)c(C4COCCN4C(=O)O)ccc3[nH]2)CC1. The van der Waals surface area contributed by atoms with Crippen LogP contribution in [0.2, 0.25) is 0 Å². The van der Waals surface area contributed by atoms with Crippen molar-refractivity contribution in [2.24, 2.45) is 17.6 Å². The predicted molar refractivity (Wildman–Crippen MR) is 102 cm³/mol. The summed E-state index contributed by atoms with van der Waals surface area (Å²) in [6, 6.07) is 2.43. The number of benzene rings is 1. The molecule has 1 saturated carbocycles. The number of halogens is 1. The lowest BCUT2D eigenvalue weighted by molar-refractivity contribution is -0.00190. The van der Waals surface area contributed by atoms with Crippen LogP contribution in [-0.4, -0.2) is 45.8 Å². The van der Waals surface area contributed by atoms with Crippen molar-refractivity contribution < 1.29 is 19.0 Å². The highest BCUT2D eigenvalue weighted by Crippen LogP contribution is 2.36. The molecule has 7 nitrogen and oxygen atoms in total. The smallest absolute Gasteiger partial charge is 0.407 e. The van der Waals surface area contributed by atoms with Gasteiger partial charge in [-0.15, -0.1) is 0 Å². The van der Waals surface area contributed by atoms with Crippen LogP contribution in [0.5, 0.6) is 0 Å². The van der Waals surface area contributed by atoms with Crippen molar-refractivity contribution in [1.82, 2.24) is 14.9 Å². The molecule has 0 radical (unpaired) electrons. The third-order valence-corrected chi connectivity index (χ3v) is 6.26. The fourth-order valence-corrected chi connectivity index (χ4v) is 4.45. The van der Waals surface area contributed by atoms with Crippen molar-refractivity contribution in [2.75, 3.05) is 19.8 Å². The highest BCUT2D eigenvalue weighted by Gasteiger charge is 2.32. The molecular weight excluding hydrogens is 363 g/mol. The van der Waals surface area contributed by atoms with Crippen LogP contribution in [0.15, 0.2) is 12.1 Å². The van der Waals surface area contributed by atoms with Crippen molar-refractivity contribution in [3.8, 4) is 0 Å². The van der Waals surface area contributed by atoms with Crippen LogP contribution >= 0.6 is 0 Å². The molecular formula is C20H27FN4O3. The van der Waals surface area contributed by atoms with Crippen LogP contribution in [0.3, 0.4) is 0 Å². The van der Waals surface area contributed by atoms with E-state index in [1.165, 1.54) is 4.90 Å². The molecule has 4 N–H and O–H groups in total. The second-order valence-electron chi connectivity index (χ2n) is 8.10. The second-order valence-corrected chi connectivity index (χ2v) is 8.10. The molecule has 2 heterocycles. The monoisotopic (exact) mass is 390 g/mol. The Morgan fingerprint density at radius 1 is 1.39 bits per heavy atom. The van der Waals surface area contributed by atoms with Crippen LogP contribution < -0.4 is 5.73 Å². The first-order chi connectivity index (χ1) is 13.5. The summed E-state index contributed by atoms with van der Waals surface area (Å²) < 4.78 is 20.7. The number of aromatic nitrogens is 2. The van der Waals surface area contributed by atoms with E-state index >= 15 is 4.39 Å². The summed E-state index contributed by atoms with van der Waals surface area (Å²) in [6.07, 6.45) is 3.34. The number of amides is 1. The van der Waals surface area contributed by atoms with Crippen molar-refractivity contribution in [1.29, 1.82) is 0 Å². The highest BCUT2D eigenvalue weighted by molar-refractivity contribution is 5.77. The van der Waals surface area contributed by atoms with E-state index in [1.54, 1.807) is 12.1 Å². The fourth-order valence-electron chi connectivity index (χ4n) is 4.45. The number of carbonyl (C=O) groups is 1. The number of carboxylic acid groups (broad SMARTS) is 1. The van der Waals surface area contributed by atoms with E-state index in [0.717, 1.165) is 31.6 Å². The molecule has 0 bridgehead atoms. The van der Waals surface area contributed by atoms with Crippen LogP contribution in [-0.2, 0) is 4.74 Å². The van der Waals surface area contributed by atoms with Gasteiger partial charge in [0.1, 0.15) is 11.3 Å². The van der Waals surface area contributed by atoms with E-state index in [2.05, 4.69) is 16.9 Å². The number of imidazole rings is 1. The molecule has 2 fully saturated rings. The number of hydrogen-bond donors (Lipinski definition) is 3. The number of nitrogens with two attached hydrogens (primary N) is 1. The molecule has 8 heteroatoms. The summed E-state index contributed by atoms with van der Waals surface area (Å²) in [5, 5.41) is 9.42. The molecule has 1 aliphatic heterocycles. The van der Waals surface area contributed by atoms with Gasteiger partial charge in [0.15, 0.2) is 5.82 Å². The Bertz CT molecular complexity index is 862. The molecule has 1 aromatic heterocycles. The van der Waals surface area contributed by atoms with Gasteiger partial charge in [-0.2, -0.15) is 0 Å². The van der Waals surface area contributed by atoms with Crippen molar-refractivity contribution in [3.05, 3.63) is 29.3 Å². The fraction of sp³-hybridized carbons (Fsp3) is 0.600. The number of H-pyrrole nitrogens is 1. The zero-order chi connectivity index (χ0) is 19.8. The zero-order valence-electron chi connectivity index (χ0n) is 16.0. The Labute approximate surface area is 163 Å². The van der Waals surface area contributed by atoms with Crippen LogP contribution in [0.1, 0.15) is 56.1 Å². The van der Waals surface area contributed by atoms with Gasteiger partial charge in [0, 0.05) is 12.1 Å². The Morgan fingerprint density at radius 3 is 2.86 bits per heavy atom. The maximum Gasteiger partial charge on any atom is 0.407 e. The summed E-state index contributed by atoms with van der Waals surface area (Å²) in [4.78, 5) is 20.4. The number of nitrogens with zero attached hydrogens (tertiary/aromatic N) is 2. The van der Waals surface area contributed by atoms with E-state index in [4.69, 9.17) is 10.5 Å². The largest absolute Gasteiger partial charge is 0.465 e. The topological polar surface area (TPSA) is 104 Å². The van der Waals surface area contributed by atoms with Crippen molar-refractivity contribution in [2.45, 2.75) is 44.7 Å². The minimum atomic E-state index is -1.08. The summed E-state index contributed by atoms with van der Waals surface area (Å²) in [7, 11) is 0. The predicted octanol–water partition coefficient (Wildman–Crippen LogP) is 3.58. The van der Waals surface area contributed by atoms with Crippen LogP contribution in [0.25, 0.3) is 11.0 Å². The molecule has 2 aromatic rings. The van der Waals surface area contributed by atoms with E-state index in [0.29, 0.717) is 23.9 Å². The lowest BCUT2D eigenvalue weighted by Crippen LogP contribution is -2.43. The van der Waals surface area contributed by atoms with Gasteiger partial charge in [0.2, 0.25) is 0 Å². The average Bonchev–Trinajstić information content (AvgIpc) is 3.13. The van der Waals surface area contributed by atoms with Gasteiger partial charge in [-0.05, 0) is 30.7 Å². The lowest BCUT2D eigenvalue weighted by Gasteiger charge is -2.33. The van der Waals surface area contributed by atoms with E-state index < -0.39 is 18.0 Å². The normalized spacial score (nSPS) is 27.1. The van der Waals surface area contributed by atoms with Gasteiger partial charge in [-0.25, -0.2) is 14.2 Å². The number of nitrogens with one attached hydrogen (secondary N) is 1. The van der Waals surface area contributed by atoms with Crippen molar-refractivity contribution in [3.63, 3.8) is 0 Å². The number of morpholine rings is 1. The number of hydrogen-bond acceptors (Lipinski definition) is 4. The number of fused-ring (bicyclic) bond motifs is 1. The molecule has 0 spiro atoms. The van der Waals surface area contributed by atoms with Crippen LogP contribution in [0, 0.1) is 17.7 Å². The zero-order valence-corrected chi connectivity index (χ0v) is 16.0. The molecule has 2 aliphatic rings. The Balaban J connectivity index is 1.63. The van der Waals surface area contributed by atoms with E-state index in [-0.39, 0.29) is 30.3 Å². The molecule has 4 rings (SSSR count). The summed E-state index contributed by atoms with van der Waals surface area (Å²) in [5.41, 5.74) is 7.52. The van der Waals surface area contributed by atoms with Gasteiger partial charge < -0.3 is 20.6 Å². The third-order valence-electron chi connectivity index (χ3n) is 6.26. The van der Waals surface area contributed by atoms with E-state index in [9.17, 15) is 9.90 Å². The molecule has 28 heavy (non-hydrogen) atoms. The molecule has 1 aliphatic carbocycles. The Kier molecular flexibility index (Phi) is 5.25. The van der Waals surface area contributed by atoms with Crippen molar-refractivity contribution >= 4 is 17.1 Å². The minimum absolute atomic E-state index is 0.131. The highest BCUT2D eigenvalue weighted by atomic mass is 19.1. The van der Waals surface area contributed by atoms with Gasteiger partial charge in [0.05, 0.1) is 30.8 Å². The van der Waals surface area contributed by atoms with Gasteiger partial charge in [-0.3, -0.25) is 4.90 Å². The molecule has 1 aromatic carbocycles.